The lowest BCUT2D eigenvalue weighted by molar-refractivity contribution is 0.255. The Kier molecular flexibility index (Phi) is 6.83. The number of ether oxygens (including phenoxy) is 2. The maximum atomic E-state index is 5.59. The summed E-state index contributed by atoms with van der Waals surface area (Å²) in [4.78, 5) is 6.56. The van der Waals surface area contributed by atoms with Crippen molar-refractivity contribution in [1.82, 2.24) is 9.88 Å². The van der Waals surface area contributed by atoms with E-state index in [4.69, 9.17) is 9.47 Å². The number of methoxy groups -OCH3 is 2. The molecule has 140 valence electrons. The van der Waals surface area contributed by atoms with Crippen molar-refractivity contribution in [2.75, 3.05) is 20.8 Å². The van der Waals surface area contributed by atoms with Gasteiger partial charge in [0.15, 0.2) is 0 Å². The van der Waals surface area contributed by atoms with Gasteiger partial charge in [0, 0.05) is 43.7 Å². The van der Waals surface area contributed by atoms with E-state index in [9.17, 15) is 0 Å². The van der Waals surface area contributed by atoms with Crippen LogP contribution in [0.25, 0.3) is 0 Å². The van der Waals surface area contributed by atoms with Crippen LogP contribution in [0.4, 0.5) is 0 Å². The van der Waals surface area contributed by atoms with Gasteiger partial charge in [-0.1, -0.05) is 36.4 Å². The lowest BCUT2D eigenvalue weighted by atomic mass is 10.1. The van der Waals surface area contributed by atoms with Crippen LogP contribution in [0, 0.1) is 0 Å². The van der Waals surface area contributed by atoms with Crippen molar-refractivity contribution in [3.05, 3.63) is 89.7 Å². The van der Waals surface area contributed by atoms with E-state index >= 15 is 0 Å². The first kappa shape index (κ1) is 18.9. The smallest absolute Gasteiger partial charge is 0.127 e. The van der Waals surface area contributed by atoms with Gasteiger partial charge in [0.25, 0.3) is 0 Å². The topological polar surface area (TPSA) is 34.6 Å². The monoisotopic (exact) mass is 362 g/mol. The first-order valence-electron chi connectivity index (χ1n) is 9.14. The molecule has 2 aromatic carbocycles. The highest BCUT2D eigenvalue weighted by Gasteiger charge is 2.12. The van der Waals surface area contributed by atoms with E-state index < -0.39 is 0 Å². The zero-order valence-corrected chi connectivity index (χ0v) is 16.0. The van der Waals surface area contributed by atoms with E-state index in [1.165, 1.54) is 11.1 Å². The normalized spacial score (nSPS) is 10.8. The Morgan fingerprint density at radius 2 is 1.59 bits per heavy atom. The largest absolute Gasteiger partial charge is 0.497 e. The van der Waals surface area contributed by atoms with E-state index in [0.29, 0.717) is 0 Å². The molecule has 0 amide bonds. The van der Waals surface area contributed by atoms with Crippen LogP contribution in [-0.4, -0.2) is 30.6 Å². The van der Waals surface area contributed by atoms with Gasteiger partial charge < -0.3 is 9.47 Å². The van der Waals surface area contributed by atoms with Crippen LogP contribution in [0.3, 0.4) is 0 Å². The van der Waals surface area contributed by atoms with E-state index in [1.54, 1.807) is 14.2 Å². The predicted octanol–water partition coefficient (Wildman–Crippen LogP) is 4.34. The van der Waals surface area contributed by atoms with Crippen molar-refractivity contribution in [2.24, 2.45) is 0 Å². The summed E-state index contributed by atoms with van der Waals surface area (Å²) in [5, 5.41) is 0. The first-order chi connectivity index (χ1) is 13.3. The van der Waals surface area contributed by atoms with Gasteiger partial charge >= 0.3 is 0 Å². The van der Waals surface area contributed by atoms with Gasteiger partial charge in [-0.05, 0) is 35.7 Å². The van der Waals surface area contributed by atoms with Gasteiger partial charge in [-0.25, -0.2) is 0 Å². The van der Waals surface area contributed by atoms with Gasteiger partial charge in [-0.15, -0.1) is 0 Å². The number of nitrogens with zero attached hydrogens (tertiary/aromatic N) is 2. The Balaban J connectivity index is 1.76. The van der Waals surface area contributed by atoms with E-state index in [0.717, 1.165) is 43.1 Å². The summed E-state index contributed by atoms with van der Waals surface area (Å²) in [5.74, 6) is 1.66. The molecule has 0 aliphatic carbocycles. The van der Waals surface area contributed by atoms with E-state index in [1.807, 2.05) is 24.5 Å². The molecule has 0 spiro atoms. The average molecular weight is 362 g/mol. The van der Waals surface area contributed by atoms with Crippen LogP contribution in [0.2, 0.25) is 0 Å². The number of benzene rings is 2. The van der Waals surface area contributed by atoms with Crippen LogP contribution in [0.15, 0.2) is 73.1 Å². The van der Waals surface area contributed by atoms with Gasteiger partial charge in [0.2, 0.25) is 0 Å². The molecule has 0 saturated carbocycles. The van der Waals surface area contributed by atoms with Crippen molar-refractivity contribution in [3.8, 4) is 11.5 Å². The highest BCUT2D eigenvalue weighted by molar-refractivity contribution is 5.40. The van der Waals surface area contributed by atoms with Crippen molar-refractivity contribution in [2.45, 2.75) is 19.5 Å². The summed E-state index contributed by atoms with van der Waals surface area (Å²) < 4.78 is 10.9. The zero-order valence-electron chi connectivity index (χ0n) is 16.0. The van der Waals surface area contributed by atoms with Crippen molar-refractivity contribution < 1.29 is 9.47 Å². The third-order valence-electron chi connectivity index (χ3n) is 4.60. The van der Waals surface area contributed by atoms with Crippen molar-refractivity contribution in [1.29, 1.82) is 0 Å². The van der Waals surface area contributed by atoms with Gasteiger partial charge in [-0.3, -0.25) is 9.88 Å². The molecule has 4 nitrogen and oxygen atoms in total. The number of aromatic nitrogens is 1. The van der Waals surface area contributed by atoms with Gasteiger partial charge in [-0.2, -0.15) is 0 Å². The zero-order chi connectivity index (χ0) is 18.9. The summed E-state index contributed by atoms with van der Waals surface area (Å²) >= 11 is 0. The van der Waals surface area contributed by atoms with Crippen LogP contribution in [0.5, 0.6) is 11.5 Å². The second kappa shape index (κ2) is 9.74. The number of hydrogen-bond acceptors (Lipinski definition) is 4. The molecule has 0 aliphatic rings. The molecular formula is C23H26N2O2. The highest BCUT2D eigenvalue weighted by Crippen LogP contribution is 2.26. The Labute approximate surface area is 161 Å². The molecule has 1 heterocycles. The van der Waals surface area contributed by atoms with Gasteiger partial charge in [0.05, 0.1) is 14.2 Å². The van der Waals surface area contributed by atoms with Crippen LogP contribution >= 0.6 is 0 Å². The van der Waals surface area contributed by atoms with Crippen LogP contribution in [-0.2, 0) is 19.5 Å². The van der Waals surface area contributed by atoms with Crippen LogP contribution in [0.1, 0.15) is 16.7 Å². The van der Waals surface area contributed by atoms with Crippen molar-refractivity contribution in [3.63, 3.8) is 0 Å². The molecule has 0 N–H and O–H groups in total. The summed E-state index contributed by atoms with van der Waals surface area (Å²) in [6.45, 7) is 2.63. The first-order valence-corrected chi connectivity index (χ1v) is 9.14. The maximum absolute atomic E-state index is 5.59. The minimum absolute atomic E-state index is 0.806. The van der Waals surface area contributed by atoms with Crippen LogP contribution < -0.4 is 9.47 Å². The molecule has 0 unspecified atom stereocenters. The number of rotatable bonds is 9. The fourth-order valence-corrected chi connectivity index (χ4v) is 3.12. The summed E-state index contributed by atoms with van der Waals surface area (Å²) in [7, 11) is 3.37. The van der Waals surface area contributed by atoms with E-state index in [-0.39, 0.29) is 0 Å². The Hall–Kier alpha value is -2.85. The minimum Gasteiger partial charge on any atom is -0.497 e. The molecule has 4 heteroatoms. The molecule has 3 rings (SSSR count). The Morgan fingerprint density at radius 3 is 2.30 bits per heavy atom. The Morgan fingerprint density at radius 1 is 0.815 bits per heavy atom. The fraction of sp³-hybridized carbons (Fsp3) is 0.261. The molecule has 0 saturated heterocycles. The lowest BCUT2D eigenvalue weighted by Crippen LogP contribution is -2.25. The van der Waals surface area contributed by atoms with E-state index in [2.05, 4.69) is 58.4 Å². The average Bonchev–Trinajstić information content (AvgIpc) is 2.73. The third-order valence-corrected chi connectivity index (χ3v) is 4.60. The molecule has 27 heavy (non-hydrogen) atoms. The quantitative estimate of drug-likeness (QED) is 0.567. The SMILES string of the molecule is COc1ccc(CN(CCc2ccccc2)Cc2ccncc2)c(OC)c1. The molecule has 0 atom stereocenters. The maximum Gasteiger partial charge on any atom is 0.127 e. The summed E-state index contributed by atoms with van der Waals surface area (Å²) in [6, 6.07) is 20.7. The molecule has 3 aromatic rings. The summed E-state index contributed by atoms with van der Waals surface area (Å²) in [5.41, 5.74) is 3.75. The number of hydrogen-bond donors (Lipinski definition) is 0. The lowest BCUT2D eigenvalue weighted by Gasteiger charge is -2.24. The Bertz CT molecular complexity index is 822. The fourth-order valence-electron chi connectivity index (χ4n) is 3.12. The highest BCUT2D eigenvalue weighted by atomic mass is 16.5. The third kappa shape index (κ3) is 5.56. The molecule has 0 bridgehead atoms. The number of pyridine rings is 1. The second-order valence-corrected chi connectivity index (χ2v) is 6.48. The molecule has 1 aromatic heterocycles. The predicted molar refractivity (Wildman–Crippen MR) is 108 cm³/mol. The second-order valence-electron chi connectivity index (χ2n) is 6.48. The minimum atomic E-state index is 0.806. The molecule has 0 radical (unpaired) electrons. The molecular weight excluding hydrogens is 336 g/mol. The summed E-state index contributed by atoms with van der Waals surface area (Å²) in [6.07, 6.45) is 4.70. The standard InChI is InChI=1S/C23H26N2O2/c1-26-22-9-8-21(23(16-22)27-2)18-25(17-20-10-13-24-14-11-20)15-12-19-6-4-3-5-7-19/h3-11,13-14,16H,12,15,17-18H2,1-2H3. The molecule has 0 aliphatic heterocycles. The van der Waals surface area contributed by atoms with Crippen molar-refractivity contribution >= 4 is 0 Å². The van der Waals surface area contributed by atoms with Gasteiger partial charge in [0.1, 0.15) is 11.5 Å². The molecule has 0 fully saturated rings.